The summed E-state index contributed by atoms with van der Waals surface area (Å²) >= 11 is 0. The number of methoxy groups -OCH3 is 1. The van der Waals surface area contributed by atoms with Gasteiger partial charge < -0.3 is 13.9 Å². The van der Waals surface area contributed by atoms with Crippen molar-refractivity contribution in [1.29, 1.82) is 0 Å². The van der Waals surface area contributed by atoms with Crippen molar-refractivity contribution in [2.75, 3.05) is 7.11 Å². The van der Waals surface area contributed by atoms with Crippen LogP contribution in [0.1, 0.15) is 61.3 Å². The van der Waals surface area contributed by atoms with Crippen molar-refractivity contribution in [3.8, 4) is 0 Å². The third kappa shape index (κ3) is 5.35. The van der Waals surface area contributed by atoms with Crippen LogP contribution in [0, 0.1) is 11.8 Å². The Balaban J connectivity index is 3.17. The molecule has 1 rings (SSSR count). The monoisotopic (exact) mass is 384 g/mol. The van der Waals surface area contributed by atoms with E-state index in [1.807, 2.05) is 27.7 Å². The van der Waals surface area contributed by atoms with Gasteiger partial charge in [-0.15, -0.1) is 0 Å². The Kier molecular flexibility index (Phi) is 6.77. The van der Waals surface area contributed by atoms with Crippen LogP contribution in [-0.2, 0) is 23.5 Å². The standard InChI is InChI=1S/C20H36O5Si/c1-13(17(21)24-19(2,3)4)14-11-12-15(16(14)18(22)23-8)25-26(9,10)20(5,6)7/h13-14H,11-12H2,1-10H3/t13-,14-/m0/s1. The van der Waals surface area contributed by atoms with Gasteiger partial charge in [-0.1, -0.05) is 27.7 Å². The molecule has 0 saturated carbocycles. The minimum Gasteiger partial charge on any atom is -0.546 e. The van der Waals surface area contributed by atoms with Crippen LogP contribution in [0.2, 0.25) is 18.1 Å². The zero-order valence-electron chi connectivity index (χ0n) is 18.1. The second kappa shape index (κ2) is 7.75. The molecule has 6 heteroatoms. The van der Waals surface area contributed by atoms with Crippen LogP contribution in [0.5, 0.6) is 0 Å². The van der Waals surface area contributed by atoms with E-state index in [9.17, 15) is 9.59 Å². The molecule has 0 N–H and O–H groups in total. The van der Waals surface area contributed by atoms with E-state index in [0.29, 0.717) is 24.2 Å². The van der Waals surface area contributed by atoms with Crippen LogP contribution < -0.4 is 0 Å². The molecule has 0 saturated heterocycles. The third-order valence-corrected chi connectivity index (χ3v) is 9.69. The lowest BCUT2D eigenvalue weighted by Crippen LogP contribution is -2.40. The third-order valence-electron chi connectivity index (χ3n) is 5.33. The fourth-order valence-corrected chi connectivity index (χ4v) is 3.91. The first-order valence-electron chi connectivity index (χ1n) is 9.34. The fourth-order valence-electron chi connectivity index (χ4n) is 2.77. The second-order valence-electron chi connectivity index (χ2n) is 9.66. The van der Waals surface area contributed by atoms with Gasteiger partial charge in [-0.25, -0.2) is 4.79 Å². The van der Waals surface area contributed by atoms with E-state index < -0.39 is 25.8 Å². The summed E-state index contributed by atoms with van der Waals surface area (Å²) in [6.45, 7) is 18.1. The fraction of sp³-hybridized carbons (Fsp3) is 0.800. The maximum absolute atomic E-state index is 12.5. The maximum atomic E-state index is 12.5. The van der Waals surface area contributed by atoms with Gasteiger partial charge in [-0.05, 0) is 45.3 Å². The van der Waals surface area contributed by atoms with E-state index in [1.165, 1.54) is 7.11 Å². The van der Waals surface area contributed by atoms with Crippen LogP contribution in [0.15, 0.2) is 11.3 Å². The summed E-state index contributed by atoms with van der Waals surface area (Å²) in [6, 6.07) is 0. The van der Waals surface area contributed by atoms with Gasteiger partial charge in [0.05, 0.1) is 24.4 Å². The van der Waals surface area contributed by atoms with Crippen molar-refractivity contribution in [3.63, 3.8) is 0 Å². The van der Waals surface area contributed by atoms with Crippen molar-refractivity contribution in [3.05, 3.63) is 11.3 Å². The number of carbonyl (C=O) groups is 2. The summed E-state index contributed by atoms with van der Waals surface area (Å²) in [4.78, 5) is 25.0. The minimum absolute atomic E-state index is 0.0239. The van der Waals surface area contributed by atoms with Crippen LogP contribution >= 0.6 is 0 Å². The van der Waals surface area contributed by atoms with Crippen LogP contribution in [0.25, 0.3) is 0 Å². The first-order valence-corrected chi connectivity index (χ1v) is 12.2. The molecular formula is C20H36O5Si. The number of hydrogen-bond donors (Lipinski definition) is 0. The molecule has 0 bridgehead atoms. The lowest BCUT2D eigenvalue weighted by molar-refractivity contribution is -0.160. The molecule has 5 nitrogen and oxygen atoms in total. The lowest BCUT2D eigenvalue weighted by atomic mass is 9.88. The Bertz CT molecular complexity index is 578. The molecule has 0 radical (unpaired) electrons. The minimum atomic E-state index is -2.08. The summed E-state index contributed by atoms with van der Waals surface area (Å²) in [7, 11) is -0.714. The van der Waals surface area contributed by atoms with Gasteiger partial charge in [0.25, 0.3) is 0 Å². The molecule has 0 aromatic heterocycles. The molecule has 0 unspecified atom stereocenters. The highest BCUT2D eigenvalue weighted by Gasteiger charge is 2.44. The number of hydrogen-bond acceptors (Lipinski definition) is 5. The lowest BCUT2D eigenvalue weighted by Gasteiger charge is -2.37. The molecule has 0 fully saturated rings. The number of ether oxygens (including phenoxy) is 2. The van der Waals surface area contributed by atoms with E-state index in [2.05, 4.69) is 33.9 Å². The highest BCUT2D eigenvalue weighted by atomic mass is 28.4. The molecule has 0 aromatic rings. The van der Waals surface area contributed by atoms with Crippen molar-refractivity contribution in [1.82, 2.24) is 0 Å². The van der Waals surface area contributed by atoms with Crippen molar-refractivity contribution >= 4 is 20.3 Å². The largest absolute Gasteiger partial charge is 0.546 e. The van der Waals surface area contributed by atoms with Crippen molar-refractivity contribution in [2.45, 2.75) is 85.0 Å². The molecule has 1 aliphatic rings. The predicted molar refractivity (Wildman–Crippen MR) is 105 cm³/mol. The zero-order chi connectivity index (χ0) is 20.5. The second-order valence-corrected chi connectivity index (χ2v) is 14.4. The van der Waals surface area contributed by atoms with Gasteiger partial charge in [0, 0.05) is 12.3 Å². The number of esters is 2. The maximum Gasteiger partial charge on any atom is 0.337 e. The number of rotatable bonds is 5. The van der Waals surface area contributed by atoms with Crippen LogP contribution in [0.3, 0.4) is 0 Å². The molecular weight excluding hydrogens is 348 g/mol. The van der Waals surface area contributed by atoms with Gasteiger partial charge in [0.2, 0.25) is 8.32 Å². The molecule has 0 aliphatic heterocycles. The van der Waals surface area contributed by atoms with Crippen molar-refractivity contribution in [2.24, 2.45) is 11.8 Å². The Labute approximate surface area is 159 Å². The van der Waals surface area contributed by atoms with Gasteiger partial charge in [0.1, 0.15) is 5.60 Å². The van der Waals surface area contributed by atoms with Gasteiger partial charge in [-0.3, -0.25) is 4.79 Å². The summed E-state index contributed by atoms with van der Waals surface area (Å²) < 4.78 is 17.0. The van der Waals surface area contributed by atoms with Gasteiger partial charge in [-0.2, -0.15) is 0 Å². The topological polar surface area (TPSA) is 61.8 Å². The van der Waals surface area contributed by atoms with E-state index >= 15 is 0 Å². The summed E-state index contributed by atoms with van der Waals surface area (Å²) in [5, 5.41) is 0.0239. The normalized spacial score (nSPS) is 20.0. The highest BCUT2D eigenvalue weighted by molar-refractivity contribution is 6.74. The predicted octanol–water partition coefficient (Wildman–Crippen LogP) is 4.82. The Morgan fingerprint density at radius 2 is 1.65 bits per heavy atom. The van der Waals surface area contributed by atoms with Crippen molar-refractivity contribution < 1.29 is 23.5 Å². The highest BCUT2D eigenvalue weighted by Crippen LogP contribution is 2.44. The molecule has 26 heavy (non-hydrogen) atoms. The van der Waals surface area contributed by atoms with Gasteiger partial charge >= 0.3 is 11.9 Å². The smallest absolute Gasteiger partial charge is 0.337 e. The molecule has 0 spiro atoms. The first-order chi connectivity index (χ1) is 11.6. The number of carbonyl (C=O) groups excluding carboxylic acids is 2. The summed E-state index contributed by atoms with van der Waals surface area (Å²) in [6.07, 6.45) is 1.34. The average molecular weight is 385 g/mol. The quantitative estimate of drug-likeness (QED) is 0.502. The Hall–Kier alpha value is -1.30. The molecule has 2 atom stereocenters. The molecule has 0 amide bonds. The van der Waals surface area contributed by atoms with E-state index in [4.69, 9.17) is 13.9 Å². The van der Waals surface area contributed by atoms with Crippen LogP contribution in [0.4, 0.5) is 0 Å². The SMILES string of the molecule is COC(=O)C1=C(O[Si](C)(C)C(C)(C)C)CC[C@H]1[C@H](C)C(=O)OC(C)(C)C. The van der Waals surface area contributed by atoms with E-state index in [0.717, 1.165) is 0 Å². The molecule has 1 aliphatic carbocycles. The Morgan fingerprint density at radius 3 is 2.08 bits per heavy atom. The summed E-state index contributed by atoms with van der Waals surface area (Å²) in [5.41, 5.74) is -0.0461. The molecule has 150 valence electrons. The Morgan fingerprint density at radius 1 is 1.12 bits per heavy atom. The summed E-state index contributed by atoms with van der Waals surface area (Å²) in [5.74, 6) is -0.668. The first kappa shape index (κ1) is 22.7. The van der Waals surface area contributed by atoms with Crippen LogP contribution in [-0.4, -0.2) is 33.0 Å². The number of allylic oxidation sites excluding steroid dienone is 1. The average Bonchev–Trinajstić information content (AvgIpc) is 2.85. The zero-order valence-corrected chi connectivity index (χ0v) is 19.1. The molecule has 0 heterocycles. The van der Waals surface area contributed by atoms with Gasteiger partial charge in [0.15, 0.2) is 0 Å². The van der Waals surface area contributed by atoms with E-state index in [-0.39, 0.29) is 16.9 Å². The van der Waals surface area contributed by atoms with E-state index in [1.54, 1.807) is 0 Å². The molecule has 0 aromatic carbocycles.